The van der Waals surface area contributed by atoms with Crippen LogP contribution >= 0.6 is 0 Å². The van der Waals surface area contributed by atoms with Gasteiger partial charge in [0.05, 0.1) is 12.7 Å². The minimum Gasteiger partial charge on any atom is -0.313 e. The zero-order valence-electron chi connectivity index (χ0n) is 11.8. The van der Waals surface area contributed by atoms with Crippen LogP contribution in [0.15, 0.2) is 42.7 Å². The quantitative estimate of drug-likeness (QED) is 0.589. The average Bonchev–Trinajstić information content (AvgIpc) is 2.91. The van der Waals surface area contributed by atoms with Gasteiger partial charge in [-0.2, -0.15) is 5.10 Å². The van der Waals surface area contributed by atoms with Gasteiger partial charge >= 0.3 is 0 Å². The van der Waals surface area contributed by atoms with Crippen LogP contribution in [0.3, 0.4) is 0 Å². The minimum absolute atomic E-state index is 0.822. The summed E-state index contributed by atoms with van der Waals surface area (Å²) >= 11 is 0. The van der Waals surface area contributed by atoms with Crippen molar-refractivity contribution in [1.29, 1.82) is 0 Å². The van der Waals surface area contributed by atoms with Crippen LogP contribution in [0.5, 0.6) is 0 Å². The number of nitrogens with zero attached hydrogens (tertiary/aromatic N) is 2. The van der Waals surface area contributed by atoms with Gasteiger partial charge in [-0.1, -0.05) is 30.3 Å². The molecule has 0 saturated heterocycles. The number of rotatable bonds is 8. The lowest BCUT2D eigenvalue weighted by molar-refractivity contribution is 0.628. The highest BCUT2D eigenvalue weighted by Crippen LogP contribution is 2.04. The lowest BCUT2D eigenvalue weighted by Gasteiger charge is -2.02. The highest BCUT2D eigenvalue weighted by atomic mass is 15.3. The van der Waals surface area contributed by atoms with Gasteiger partial charge in [0, 0.05) is 24.7 Å². The summed E-state index contributed by atoms with van der Waals surface area (Å²) in [5.74, 6) is 2.66. The Labute approximate surface area is 121 Å². The Kier molecular flexibility index (Phi) is 5.88. The molecule has 20 heavy (non-hydrogen) atoms. The lowest BCUT2D eigenvalue weighted by Crippen LogP contribution is -2.14. The first-order valence-corrected chi connectivity index (χ1v) is 7.08. The number of aromatic nitrogens is 2. The molecule has 1 N–H and O–H groups in total. The standard InChI is InChI=1S/C17H21N3/c1-2-3-4-8-11-18-12-17-13-19-20(15-17)14-16-9-6-5-7-10-16/h1,5-7,9-10,13,15,18H,3-4,8,11-12,14H2. The summed E-state index contributed by atoms with van der Waals surface area (Å²) in [4.78, 5) is 0. The molecule has 0 bridgehead atoms. The number of hydrogen-bond acceptors (Lipinski definition) is 2. The molecule has 104 valence electrons. The summed E-state index contributed by atoms with van der Waals surface area (Å²) in [6.07, 6.45) is 12.3. The van der Waals surface area contributed by atoms with E-state index < -0.39 is 0 Å². The molecular formula is C17H21N3. The van der Waals surface area contributed by atoms with Crippen molar-refractivity contribution in [2.24, 2.45) is 0 Å². The maximum Gasteiger partial charge on any atom is 0.0659 e. The SMILES string of the molecule is C#CCCCCNCc1cnn(Cc2ccccc2)c1. The third-order valence-corrected chi connectivity index (χ3v) is 3.13. The fourth-order valence-electron chi connectivity index (χ4n) is 2.06. The highest BCUT2D eigenvalue weighted by molar-refractivity contribution is 5.15. The molecule has 3 nitrogen and oxygen atoms in total. The van der Waals surface area contributed by atoms with Crippen molar-refractivity contribution in [1.82, 2.24) is 15.1 Å². The number of terminal acetylenes is 1. The van der Waals surface area contributed by atoms with Crippen LogP contribution in [-0.4, -0.2) is 16.3 Å². The molecule has 1 aromatic heterocycles. The Balaban J connectivity index is 1.71. The summed E-state index contributed by atoms with van der Waals surface area (Å²) < 4.78 is 1.98. The predicted octanol–water partition coefficient (Wildman–Crippen LogP) is 2.82. The van der Waals surface area contributed by atoms with Gasteiger partial charge in [-0.3, -0.25) is 4.68 Å². The van der Waals surface area contributed by atoms with Crippen molar-refractivity contribution in [2.45, 2.75) is 32.4 Å². The molecular weight excluding hydrogens is 246 g/mol. The normalized spacial score (nSPS) is 10.3. The Morgan fingerprint density at radius 1 is 1.15 bits per heavy atom. The molecule has 0 aliphatic heterocycles. The van der Waals surface area contributed by atoms with Crippen molar-refractivity contribution in [2.75, 3.05) is 6.54 Å². The van der Waals surface area contributed by atoms with Crippen LogP contribution in [-0.2, 0) is 13.1 Å². The first-order valence-electron chi connectivity index (χ1n) is 7.08. The van der Waals surface area contributed by atoms with Crippen LogP contribution in [0.25, 0.3) is 0 Å². The third kappa shape index (κ3) is 4.91. The van der Waals surface area contributed by atoms with Gasteiger partial charge in [-0.05, 0) is 24.9 Å². The monoisotopic (exact) mass is 267 g/mol. The van der Waals surface area contributed by atoms with Crippen LogP contribution in [0.1, 0.15) is 30.4 Å². The van der Waals surface area contributed by atoms with Gasteiger partial charge in [-0.25, -0.2) is 0 Å². The molecule has 0 aliphatic rings. The van der Waals surface area contributed by atoms with Gasteiger partial charge in [0.2, 0.25) is 0 Å². The van der Waals surface area contributed by atoms with E-state index in [1.54, 1.807) is 0 Å². The van der Waals surface area contributed by atoms with Crippen molar-refractivity contribution >= 4 is 0 Å². The third-order valence-electron chi connectivity index (χ3n) is 3.13. The van der Waals surface area contributed by atoms with Crippen molar-refractivity contribution < 1.29 is 0 Å². The fraction of sp³-hybridized carbons (Fsp3) is 0.353. The number of hydrogen-bond donors (Lipinski definition) is 1. The molecule has 0 aliphatic carbocycles. The van der Waals surface area contributed by atoms with Gasteiger partial charge < -0.3 is 5.32 Å². The van der Waals surface area contributed by atoms with Crippen LogP contribution in [0.2, 0.25) is 0 Å². The molecule has 0 fully saturated rings. The van der Waals surface area contributed by atoms with Crippen molar-refractivity contribution in [3.05, 3.63) is 53.9 Å². The number of unbranched alkanes of at least 4 members (excludes halogenated alkanes) is 2. The summed E-state index contributed by atoms with van der Waals surface area (Å²) in [6, 6.07) is 10.4. The molecule has 0 radical (unpaired) electrons. The second kappa shape index (κ2) is 8.19. The largest absolute Gasteiger partial charge is 0.313 e. The Bertz CT molecular complexity index is 537. The average molecular weight is 267 g/mol. The van der Waals surface area contributed by atoms with E-state index in [1.807, 2.05) is 16.9 Å². The maximum atomic E-state index is 5.22. The molecule has 0 amide bonds. The molecule has 3 heteroatoms. The van der Waals surface area contributed by atoms with Crippen LogP contribution in [0.4, 0.5) is 0 Å². The molecule has 2 aromatic rings. The molecule has 0 saturated carbocycles. The summed E-state index contributed by atoms with van der Waals surface area (Å²) in [5, 5.41) is 7.81. The Morgan fingerprint density at radius 3 is 2.80 bits per heavy atom. The summed E-state index contributed by atoms with van der Waals surface area (Å²) in [6.45, 7) is 2.69. The first kappa shape index (κ1) is 14.4. The van der Waals surface area contributed by atoms with E-state index in [1.165, 1.54) is 11.1 Å². The van der Waals surface area contributed by atoms with E-state index in [0.717, 1.165) is 38.9 Å². The second-order valence-corrected chi connectivity index (χ2v) is 4.87. The molecule has 0 unspecified atom stereocenters. The molecule has 2 rings (SSSR count). The van der Waals surface area contributed by atoms with E-state index >= 15 is 0 Å². The highest BCUT2D eigenvalue weighted by Gasteiger charge is 1.99. The van der Waals surface area contributed by atoms with Gasteiger partial charge in [0.25, 0.3) is 0 Å². The van der Waals surface area contributed by atoms with Crippen molar-refractivity contribution in [3.8, 4) is 12.3 Å². The smallest absolute Gasteiger partial charge is 0.0659 e. The van der Waals surface area contributed by atoms with Gasteiger partial charge in [0.1, 0.15) is 0 Å². The Hall–Kier alpha value is -2.05. The molecule has 0 spiro atoms. The zero-order valence-corrected chi connectivity index (χ0v) is 11.8. The van der Waals surface area contributed by atoms with Crippen LogP contribution < -0.4 is 5.32 Å². The van der Waals surface area contributed by atoms with E-state index in [9.17, 15) is 0 Å². The zero-order chi connectivity index (χ0) is 14.0. The van der Waals surface area contributed by atoms with E-state index in [4.69, 9.17) is 6.42 Å². The van der Waals surface area contributed by atoms with Crippen LogP contribution in [0, 0.1) is 12.3 Å². The fourth-order valence-corrected chi connectivity index (χ4v) is 2.06. The molecule has 0 atom stereocenters. The topological polar surface area (TPSA) is 29.9 Å². The predicted molar refractivity (Wildman–Crippen MR) is 82.2 cm³/mol. The molecule has 1 heterocycles. The minimum atomic E-state index is 0.822. The van der Waals surface area contributed by atoms with Gasteiger partial charge in [0.15, 0.2) is 0 Å². The van der Waals surface area contributed by atoms with Crippen molar-refractivity contribution in [3.63, 3.8) is 0 Å². The van der Waals surface area contributed by atoms with E-state index in [-0.39, 0.29) is 0 Å². The second-order valence-electron chi connectivity index (χ2n) is 4.87. The number of benzene rings is 1. The number of nitrogens with one attached hydrogen (secondary N) is 1. The Morgan fingerprint density at radius 2 is 2.00 bits per heavy atom. The maximum absolute atomic E-state index is 5.22. The summed E-state index contributed by atoms with van der Waals surface area (Å²) in [5.41, 5.74) is 2.49. The lowest BCUT2D eigenvalue weighted by atomic mass is 10.2. The van der Waals surface area contributed by atoms with E-state index in [0.29, 0.717) is 0 Å². The first-order chi connectivity index (χ1) is 9.88. The van der Waals surface area contributed by atoms with E-state index in [2.05, 4.69) is 46.8 Å². The van der Waals surface area contributed by atoms with Gasteiger partial charge in [-0.15, -0.1) is 12.3 Å². The summed E-state index contributed by atoms with van der Waals surface area (Å²) in [7, 11) is 0. The molecule has 1 aromatic carbocycles.